The average Bonchev–Trinajstić information content (AvgIpc) is 3.05. The molecule has 4 saturated heterocycles. The number of amides is 1. The SMILES string of the molecule is O=C(NC1C2CN3CCN(C2)CC1(c1ccccc1)C3)C1CC=CC1. The molecule has 0 radical (unpaired) electrons. The van der Waals surface area contributed by atoms with Crippen LogP contribution in [0.3, 0.4) is 0 Å². The van der Waals surface area contributed by atoms with E-state index in [1.807, 2.05) is 0 Å². The van der Waals surface area contributed by atoms with Crippen molar-refractivity contribution in [3.63, 3.8) is 0 Å². The molecule has 4 heteroatoms. The molecule has 1 aromatic rings. The van der Waals surface area contributed by atoms with Crippen molar-refractivity contribution < 1.29 is 4.79 Å². The molecule has 4 bridgehead atoms. The maximum Gasteiger partial charge on any atom is 0.223 e. The molecule has 4 fully saturated rings. The molecule has 4 aliphatic heterocycles. The number of hydrogen-bond donors (Lipinski definition) is 1. The standard InChI is InChI=1S/C21H27N3O/c25-20(16-6-4-5-7-16)22-19-17-12-23-10-11-24(13-17)15-21(19,14-23)18-8-2-1-3-9-18/h1-5,8-9,16-17,19H,6-7,10-15H2,(H,22,25). The molecule has 1 N–H and O–H groups in total. The molecule has 3 atom stereocenters. The van der Waals surface area contributed by atoms with E-state index in [1.54, 1.807) is 0 Å². The van der Waals surface area contributed by atoms with Gasteiger partial charge in [0.25, 0.3) is 0 Å². The first-order valence-electron chi connectivity index (χ1n) is 9.70. The van der Waals surface area contributed by atoms with Crippen LogP contribution in [0.15, 0.2) is 42.5 Å². The molecule has 1 aromatic carbocycles. The molecule has 1 aliphatic carbocycles. The van der Waals surface area contributed by atoms with Gasteiger partial charge in [-0.2, -0.15) is 0 Å². The lowest BCUT2D eigenvalue weighted by atomic mass is 9.64. The third-order valence-corrected chi connectivity index (χ3v) is 6.82. The molecule has 1 amide bonds. The summed E-state index contributed by atoms with van der Waals surface area (Å²) in [4.78, 5) is 18.2. The van der Waals surface area contributed by atoms with Crippen LogP contribution in [0, 0.1) is 11.8 Å². The monoisotopic (exact) mass is 337 g/mol. The van der Waals surface area contributed by atoms with Gasteiger partial charge in [0.05, 0.1) is 0 Å². The van der Waals surface area contributed by atoms with Gasteiger partial charge in [-0.3, -0.25) is 4.79 Å². The van der Waals surface area contributed by atoms with E-state index in [2.05, 4.69) is 57.6 Å². The molecule has 4 nitrogen and oxygen atoms in total. The third kappa shape index (κ3) is 2.54. The van der Waals surface area contributed by atoms with Gasteiger partial charge in [0.2, 0.25) is 5.91 Å². The number of nitrogens with one attached hydrogen (secondary N) is 1. The Bertz CT molecular complexity index is 662. The fourth-order valence-electron chi connectivity index (χ4n) is 5.67. The van der Waals surface area contributed by atoms with E-state index < -0.39 is 0 Å². The van der Waals surface area contributed by atoms with Crippen molar-refractivity contribution in [2.24, 2.45) is 11.8 Å². The Kier molecular flexibility index (Phi) is 3.72. The van der Waals surface area contributed by atoms with Crippen LogP contribution in [0.4, 0.5) is 0 Å². The highest BCUT2D eigenvalue weighted by Gasteiger charge is 2.55. The van der Waals surface area contributed by atoms with Crippen LogP contribution in [0.25, 0.3) is 0 Å². The van der Waals surface area contributed by atoms with Crippen molar-refractivity contribution in [2.75, 3.05) is 39.3 Å². The number of piperidine rings is 2. The van der Waals surface area contributed by atoms with E-state index >= 15 is 0 Å². The Morgan fingerprint density at radius 1 is 1.00 bits per heavy atom. The maximum absolute atomic E-state index is 12.9. The zero-order valence-corrected chi connectivity index (χ0v) is 14.7. The Balaban J connectivity index is 1.50. The van der Waals surface area contributed by atoms with Crippen LogP contribution >= 0.6 is 0 Å². The lowest BCUT2D eigenvalue weighted by Crippen LogP contribution is -2.71. The summed E-state index contributed by atoms with van der Waals surface area (Å²) in [6, 6.07) is 11.2. The van der Waals surface area contributed by atoms with Gasteiger partial charge in [0.15, 0.2) is 0 Å². The quantitative estimate of drug-likeness (QED) is 0.852. The predicted molar refractivity (Wildman–Crippen MR) is 98.3 cm³/mol. The molecule has 3 unspecified atom stereocenters. The number of carbonyl (C=O) groups is 1. The van der Waals surface area contributed by atoms with Crippen LogP contribution in [0.1, 0.15) is 18.4 Å². The van der Waals surface area contributed by atoms with Gasteiger partial charge in [0.1, 0.15) is 0 Å². The van der Waals surface area contributed by atoms with Gasteiger partial charge in [-0.15, -0.1) is 0 Å². The van der Waals surface area contributed by atoms with E-state index in [9.17, 15) is 4.79 Å². The van der Waals surface area contributed by atoms with Crippen LogP contribution in [-0.2, 0) is 10.2 Å². The van der Waals surface area contributed by atoms with Crippen LogP contribution in [0.2, 0.25) is 0 Å². The molecule has 0 saturated carbocycles. The van der Waals surface area contributed by atoms with E-state index in [0.29, 0.717) is 5.92 Å². The van der Waals surface area contributed by atoms with Gasteiger partial charge < -0.3 is 15.1 Å². The second kappa shape index (κ2) is 5.96. The van der Waals surface area contributed by atoms with E-state index in [0.717, 1.165) is 52.1 Å². The lowest BCUT2D eigenvalue weighted by Gasteiger charge is -2.56. The van der Waals surface area contributed by atoms with Crippen LogP contribution in [-0.4, -0.2) is 61.0 Å². The molecular weight excluding hydrogens is 310 g/mol. The summed E-state index contributed by atoms with van der Waals surface area (Å²) in [5, 5.41) is 3.54. The van der Waals surface area contributed by atoms with Crippen LogP contribution < -0.4 is 5.32 Å². The lowest BCUT2D eigenvalue weighted by molar-refractivity contribution is -0.128. The van der Waals surface area contributed by atoms with Gasteiger partial charge in [-0.05, 0) is 18.4 Å². The Labute approximate surface area is 149 Å². The summed E-state index contributed by atoms with van der Waals surface area (Å²) in [6.45, 7) is 6.71. The Hall–Kier alpha value is -1.65. The normalized spacial score (nSPS) is 39.5. The first kappa shape index (κ1) is 15.6. The Morgan fingerprint density at radius 2 is 1.64 bits per heavy atom. The van der Waals surface area contributed by atoms with Gasteiger partial charge >= 0.3 is 0 Å². The van der Waals surface area contributed by atoms with Gasteiger partial charge in [-0.25, -0.2) is 0 Å². The minimum absolute atomic E-state index is 0.0284. The first-order chi connectivity index (χ1) is 12.2. The topological polar surface area (TPSA) is 35.6 Å². The molecule has 6 rings (SSSR count). The predicted octanol–water partition coefficient (Wildman–Crippen LogP) is 1.64. The summed E-state index contributed by atoms with van der Waals surface area (Å²) >= 11 is 0. The molecule has 4 heterocycles. The maximum atomic E-state index is 12.9. The minimum Gasteiger partial charge on any atom is -0.352 e. The highest BCUT2D eigenvalue weighted by atomic mass is 16.2. The molecular formula is C21H27N3O. The second-order valence-electron chi connectivity index (χ2n) is 8.38. The van der Waals surface area contributed by atoms with Crippen molar-refractivity contribution in [1.29, 1.82) is 0 Å². The summed E-state index contributed by atoms with van der Waals surface area (Å²) in [6.07, 6.45) is 6.10. The molecule has 25 heavy (non-hydrogen) atoms. The highest BCUT2D eigenvalue weighted by molar-refractivity contribution is 5.80. The zero-order chi connectivity index (χ0) is 16.9. The summed E-state index contributed by atoms with van der Waals surface area (Å²) in [5.74, 6) is 0.942. The highest BCUT2D eigenvalue weighted by Crippen LogP contribution is 2.43. The number of allylic oxidation sites excluding steroid dienone is 2. The van der Waals surface area contributed by atoms with E-state index in [-0.39, 0.29) is 23.3 Å². The number of carbonyl (C=O) groups excluding carboxylic acids is 1. The van der Waals surface area contributed by atoms with E-state index in [4.69, 9.17) is 0 Å². The van der Waals surface area contributed by atoms with Crippen molar-refractivity contribution in [3.05, 3.63) is 48.0 Å². The minimum atomic E-state index is 0.0284. The second-order valence-corrected chi connectivity index (χ2v) is 8.38. The number of hydrogen-bond acceptors (Lipinski definition) is 3. The Morgan fingerprint density at radius 3 is 2.28 bits per heavy atom. The van der Waals surface area contributed by atoms with Crippen molar-refractivity contribution in [3.8, 4) is 0 Å². The molecule has 132 valence electrons. The molecule has 5 aliphatic rings. The fraction of sp³-hybridized carbons (Fsp3) is 0.571. The number of benzene rings is 1. The number of rotatable bonds is 3. The van der Waals surface area contributed by atoms with E-state index in [1.165, 1.54) is 5.56 Å². The summed E-state index contributed by atoms with van der Waals surface area (Å²) in [7, 11) is 0. The number of nitrogens with zero attached hydrogens (tertiary/aromatic N) is 2. The summed E-state index contributed by atoms with van der Waals surface area (Å²) < 4.78 is 0. The van der Waals surface area contributed by atoms with Gasteiger partial charge in [-0.1, -0.05) is 42.5 Å². The first-order valence-corrected chi connectivity index (χ1v) is 9.70. The van der Waals surface area contributed by atoms with Crippen molar-refractivity contribution in [2.45, 2.75) is 24.3 Å². The van der Waals surface area contributed by atoms with Gasteiger partial charge in [0, 0.05) is 62.6 Å². The third-order valence-electron chi connectivity index (χ3n) is 6.82. The average molecular weight is 337 g/mol. The zero-order valence-electron chi connectivity index (χ0n) is 14.7. The van der Waals surface area contributed by atoms with Crippen molar-refractivity contribution in [1.82, 2.24) is 15.1 Å². The largest absolute Gasteiger partial charge is 0.352 e. The molecule has 0 spiro atoms. The molecule has 0 aromatic heterocycles. The number of fused-ring (bicyclic) bond motifs is 1. The van der Waals surface area contributed by atoms with Crippen molar-refractivity contribution >= 4 is 5.91 Å². The smallest absolute Gasteiger partial charge is 0.223 e. The van der Waals surface area contributed by atoms with Crippen LogP contribution in [0.5, 0.6) is 0 Å². The summed E-state index contributed by atoms with van der Waals surface area (Å²) in [5.41, 5.74) is 1.42. The fourth-order valence-corrected chi connectivity index (χ4v) is 5.67.